The first-order valence-corrected chi connectivity index (χ1v) is 12.2. The summed E-state index contributed by atoms with van der Waals surface area (Å²) in [5, 5.41) is 2.85. The number of hydrogen-bond donors (Lipinski definition) is 2. The molecule has 0 spiro atoms. The van der Waals surface area contributed by atoms with E-state index in [4.69, 9.17) is 10.5 Å². The van der Waals surface area contributed by atoms with Crippen LogP contribution in [0.2, 0.25) is 0 Å². The fourth-order valence-electron chi connectivity index (χ4n) is 5.94. The second-order valence-corrected chi connectivity index (χ2v) is 10.00. The van der Waals surface area contributed by atoms with Gasteiger partial charge in [-0.15, -0.1) is 0 Å². The van der Waals surface area contributed by atoms with Crippen LogP contribution in [0.3, 0.4) is 0 Å². The third kappa shape index (κ3) is 3.79. The summed E-state index contributed by atoms with van der Waals surface area (Å²) in [6, 6.07) is 15.7. The number of piperidine rings is 1. The van der Waals surface area contributed by atoms with Crippen molar-refractivity contribution in [2.24, 2.45) is 5.92 Å². The zero-order chi connectivity index (χ0) is 24.2. The van der Waals surface area contributed by atoms with E-state index in [0.29, 0.717) is 29.2 Å². The quantitative estimate of drug-likeness (QED) is 0.536. The van der Waals surface area contributed by atoms with Crippen LogP contribution in [0, 0.1) is 11.9 Å². The minimum atomic E-state index is -0.578. The van der Waals surface area contributed by atoms with Gasteiger partial charge in [-0.2, -0.15) is 4.39 Å². The van der Waals surface area contributed by atoms with Gasteiger partial charge in [0.25, 0.3) is 5.91 Å². The molecule has 1 saturated heterocycles. The Kier molecular flexibility index (Phi) is 5.34. The monoisotopic (exact) mass is 472 g/mol. The molecule has 1 aliphatic carbocycles. The number of fused-ring (bicyclic) bond motifs is 2. The molecule has 2 fully saturated rings. The molecule has 35 heavy (non-hydrogen) atoms. The van der Waals surface area contributed by atoms with Crippen LogP contribution in [0.25, 0.3) is 22.3 Å². The Morgan fingerprint density at radius 3 is 2.74 bits per heavy atom. The number of nitrogens with one attached hydrogen (secondary N) is 1. The van der Waals surface area contributed by atoms with Gasteiger partial charge in [-0.3, -0.25) is 9.69 Å². The van der Waals surface area contributed by atoms with Crippen molar-refractivity contribution in [1.29, 1.82) is 0 Å². The maximum absolute atomic E-state index is 14.9. The number of likely N-dealkylation sites (tertiary alicyclic amines) is 1. The van der Waals surface area contributed by atoms with Crippen molar-refractivity contribution in [3.05, 3.63) is 71.2 Å². The number of nitrogen functional groups attached to an aromatic ring is 1. The standard InChI is InChI=1S/C28H29FN4O2/c1-35-11-10-33-15-21-14-28(21,16-33)20-5-2-17(3-6-20)23-13-24(26(30)32-25(23)29)18-4-7-22-19(12-18)8-9-31-27(22)34/h2-7,12-13,21H,8-11,14-16H2,1H3,(H2,30,32)(H,31,34)/t21-,28+/m1/s1. The molecule has 2 aliphatic heterocycles. The van der Waals surface area contributed by atoms with E-state index in [1.165, 1.54) is 12.0 Å². The summed E-state index contributed by atoms with van der Waals surface area (Å²) in [6.45, 7) is 4.50. The van der Waals surface area contributed by atoms with E-state index in [1.807, 2.05) is 24.3 Å². The number of benzene rings is 2. The predicted octanol–water partition coefficient (Wildman–Crippen LogP) is 3.64. The second kappa shape index (κ2) is 8.43. The van der Waals surface area contributed by atoms with E-state index in [0.717, 1.165) is 49.4 Å². The molecule has 1 aromatic heterocycles. The number of anilines is 1. The summed E-state index contributed by atoms with van der Waals surface area (Å²) in [4.78, 5) is 18.6. The molecule has 0 bridgehead atoms. The van der Waals surface area contributed by atoms with E-state index in [1.54, 1.807) is 19.2 Å². The lowest BCUT2D eigenvalue weighted by Gasteiger charge is -2.21. The van der Waals surface area contributed by atoms with Crippen molar-refractivity contribution < 1.29 is 13.9 Å². The van der Waals surface area contributed by atoms with Crippen LogP contribution in [0.15, 0.2) is 48.5 Å². The predicted molar refractivity (Wildman–Crippen MR) is 134 cm³/mol. The highest BCUT2D eigenvalue weighted by atomic mass is 19.1. The van der Waals surface area contributed by atoms with E-state index in [9.17, 15) is 9.18 Å². The molecule has 1 amide bonds. The maximum atomic E-state index is 14.9. The lowest BCUT2D eigenvalue weighted by molar-refractivity contribution is 0.0946. The first-order valence-electron chi connectivity index (χ1n) is 12.2. The van der Waals surface area contributed by atoms with Gasteiger partial charge in [-0.1, -0.05) is 36.4 Å². The van der Waals surface area contributed by atoms with Crippen molar-refractivity contribution >= 4 is 11.7 Å². The van der Waals surface area contributed by atoms with Crippen LogP contribution >= 0.6 is 0 Å². The van der Waals surface area contributed by atoms with Crippen LogP contribution in [0.4, 0.5) is 10.2 Å². The first-order chi connectivity index (χ1) is 17.0. The summed E-state index contributed by atoms with van der Waals surface area (Å²) in [5.41, 5.74) is 12.0. The van der Waals surface area contributed by atoms with E-state index in [-0.39, 0.29) is 17.1 Å². The molecule has 6 rings (SSSR count). The summed E-state index contributed by atoms with van der Waals surface area (Å²) in [6.07, 6.45) is 1.97. The van der Waals surface area contributed by atoms with Gasteiger partial charge in [0.1, 0.15) is 5.82 Å². The smallest absolute Gasteiger partial charge is 0.251 e. The number of carbonyl (C=O) groups excluding carboxylic acids is 1. The Hall–Kier alpha value is -3.29. The van der Waals surface area contributed by atoms with Crippen molar-refractivity contribution in [3.8, 4) is 22.3 Å². The Labute approximate surface area is 204 Å². The molecule has 3 heterocycles. The number of aromatic nitrogens is 1. The molecular weight excluding hydrogens is 443 g/mol. The topological polar surface area (TPSA) is 80.5 Å². The van der Waals surface area contributed by atoms with E-state index >= 15 is 0 Å². The Morgan fingerprint density at radius 2 is 1.94 bits per heavy atom. The van der Waals surface area contributed by atoms with Gasteiger partial charge in [0.05, 0.1) is 6.61 Å². The minimum Gasteiger partial charge on any atom is -0.383 e. The molecule has 1 saturated carbocycles. The molecule has 180 valence electrons. The fraction of sp³-hybridized carbons (Fsp3) is 0.357. The average Bonchev–Trinajstić information content (AvgIpc) is 3.44. The van der Waals surface area contributed by atoms with Crippen LogP contribution in [0.5, 0.6) is 0 Å². The lowest BCUT2D eigenvalue weighted by atomic mass is 9.92. The van der Waals surface area contributed by atoms with Gasteiger partial charge in [0.2, 0.25) is 5.95 Å². The summed E-state index contributed by atoms with van der Waals surface area (Å²) < 4.78 is 20.2. The molecule has 7 heteroatoms. The molecule has 6 nitrogen and oxygen atoms in total. The molecule has 2 aromatic carbocycles. The molecule has 3 aromatic rings. The van der Waals surface area contributed by atoms with Crippen molar-refractivity contribution in [3.63, 3.8) is 0 Å². The van der Waals surface area contributed by atoms with Crippen molar-refractivity contribution in [1.82, 2.24) is 15.2 Å². The van der Waals surface area contributed by atoms with Gasteiger partial charge in [-0.25, -0.2) is 4.98 Å². The number of halogens is 1. The largest absolute Gasteiger partial charge is 0.383 e. The summed E-state index contributed by atoms with van der Waals surface area (Å²) in [7, 11) is 1.74. The number of carbonyl (C=O) groups is 1. The molecule has 2 atom stereocenters. The molecule has 3 N–H and O–H groups in total. The number of ether oxygens (including phenoxy) is 1. The zero-order valence-corrected chi connectivity index (χ0v) is 19.8. The summed E-state index contributed by atoms with van der Waals surface area (Å²) >= 11 is 0. The van der Waals surface area contributed by atoms with Gasteiger partial charge in [0.15, 0.2) is 0 Å². The van der Waals surface area contributed by atoms with Gasteiger partial charge < -0.3 is 15.8 Å². The lowest BCUT2D eigenvalue weighted by Crippen LogP contribution is -2.31. The van der Waals surface area contributed by atoms with Crippen molar-refractivity contribution in [2.45, 2.75) is 18.3 Å². The average molecular weight is 473 g/mol. The minimum absolute atomic E-state index is 0.0646. The SMILES string of the molecule is COCCN1C[C@H]2C[C@@]2(c2ccc(-c3cc(-c4ccc5c(c4)CCNC5=O)c(N)nc3F)cc2)C1. The zero-order valence-electron chi connectivity index (χ0n) is 19.8. The van der Waals surface area contributed by atoms with Crippen LogP contribution in [-0.4, -0.2) is 55.7 Å². The highest BCUT2D eigenvalue weighted by Crippen LogP contribution is 2.59. The number of amides is 1. The summed E-state index contributed by atoms with van der Waals surface area (Å²) in [5.74, 6) is 0.193. The number of rotatable bonds is 6. The number of nitrogens with zero attached hydrogens (tertiary/aromatic N) is 2. The molecule has 3 aliphatic rings. The van der Waals surface area contributed by atoms with Crippen LogP contribution < -0.4 is 11.1 Å². The van der Waals surface area contributed by atoms with E-state index in [2.05, 4.69) is 27.3 Å². The maximum Gasteiger partial charge on any atom is 0.251 e. The Bertz CT molecular complexity index is 1310. The normalized spacial score (nSPS) is 23.0. The number of nitrogens with two attached hydrogens (primary N) is 1. The third-order valence-corrected chi connectivity index (χ3v) is 7.95. The molecule has 0 unspecified atom stereocenters. The van der Waals surface area contributed by atoms with Gasteiger partial charge in [0, 0.05) is 55.4 Å². The molecule has 0 radical (unpaired) electrons. The molecular formula is C28H29FN4O2. The van der Waals surface area contributed by atoms with Crippen molar-refractivity contribution in [2.75, 3.05) is 45.6 Å². The van der Waals surface area contributed by atoms with Crippen LogP contribution in [-0.2, 0) is 16.6 Å². The number of methoxy groups -OCH3 is 1. The van der Waals surface area contributed by atoms with Crippen LogP contribution in [0.1, 0.15) is 27.9 Å². The first kappa shape index (κ1) is 22.2. The van der Waals surface area contributed by atoms with Gasteiger partial charge >= 0.3 is 0 Å². The highest BCUT2D eigenvalue weighted by molar-refractivity contribution is 5.97. The Morgan fingerprint density at radius 1 is 1.14 bits per heavy atom. The van der Waals surface area contributed by atoms with Gasteiger partial charge in [-0.05, 0) is 53.1 Å². The number of pyridine rings is 1. The number of hydrogen-bond acceptors (Lipinski definition) is 5. The Balaban J connectivity index is 1.29. The highest BCUT2D eigenvalue weighted by Gasteiger charge is 2.60. The fourth-order valence-corrected chi connectivity index (χ4v) is 5.94. The third-order valence-electron chi connectivity index (χ3n) is 7.95. The second-order valence-electron chi connectivity index (χ2n) is 10.00. The van der Waals surface area contributed by atoms with E-state index < -0.39 is 5.95 Å².